The Morgan fingerprint density at radius 1 is 1.26 bits per heavy atom. The van der Waals surface area contributed by atoms with E-state index in [0.717, 1.165) is 37.9 Å². The number of nitrogens with zero attached hydrogens (tertiary/aromatic N) is 4. The molecular formula is C20H32IN5O. The smallest absolute Gasteiger partial charge is 0.193 e. The number of rotatable bonds is 6. The standard InChI is InChI=1S/C20H31N5O.HI/c1-21-20(24(3)16-17-9-7-11-23(17)2)22-15-18(19-10-8-14-26-19)25-12-5-4-6-13-25;/h7-11,14,18H,4-6,12-13,15-16H2,1-3H3,(H,21,22);1H. The minimum absolute atomic E-state index is 0. The summed E-state index contributed by atoms with van der Waals surface area (Å²) in [6.45, 7) is 3.87. The topological polar surface area (TPSA) is 48.9 Å². The van der Waals surface area contributed by atoms with Crippen LogP contribution < -0.4 is 5.32 Å². The van der Waals surface area contributed by atoms with Gasteiger partial charge in [-0.1, -0.05) is 6.42 Å². The SMILES string of the molecule is CN=C(NCC(c1ccco1)N1CCCCC1)N(C)Cc1cccn1C.I. The van der Waals surface area contributed by atoms with Gasteiger partial charge in [0.1, 0.15) is 5.76 Å². The van der Waals surface area contributed by atoms with E-state index in [9.17, 15) is 0 Å². The first-order valence-corrected chi connectivity index (χ1v) is 9.48. The summed E-state index contributed by atoms with van der Waals surface area (Å²) >= 11 is 0. The highest BCUT2D eigenvalue weighted by Gasteiger charge is 2.25. The van der Waals surface area contributed by atoms with Gasteiger partial charge < -0.3 is 19.2 Å². The number of halogens is 1. The van der Waals surface area contributed by atoms with Crippen molar-refractivity contribution in [1.82, 2.24) is 19.7 Å². The largest absolute Gasteiger partial charge is 0.468 e. The van der Waals surface area contributed by atoms with Crippen molar-refractivity contribution in [3.05, 3.63) is 48.2 Å². The van der Waals surface area contributed by atoms with E-state index in [1.807, 2.05) is 13.1 Å². The van der Waals surface area contributed by atoms with Crippen molar-refractivity contribution < 1.29 is 4.42 Å². The molecule has 1 aliphatic rings. The van der Waals surface area contributed by atoms with Crippen LogP contribution in [0.15, 0.2) is 46.1 Å². The maximum Gasteiger partial charge on any atom is 0.193 e. The van der Waals surface area contributed by atoms with Crippen LogP contribution in [-0.4, -0.2) is 54.1 Å². The Labute approximate surface area is 179 Å². The Kier molecular flexibility index (Phi) is 8.69. The van der Waals surface area contributed by atoms with Gasteiger partial charge in [0.05, 0.1) is 18.8 Å². The summed E-state index contributed by atoms with van der Waals surface area (Å²) in [5, 5.41) is 3.55. The fourth-order valence-corrected chi connectivity index (χ4v) is 3.67. The van der Waals surface area contributed by atoms with Crippen LogP contribution >= 0.6 is 24.0 Å². The molecule has 0 radical (unpaired) electrons. The van der Waals surface area contributed by atoms with E-state index in [4.69, 9.17) is 4.42 Å². The molecule has 3 rings (SSSR count). The van der Waals surface area contributed by atoms with Crippen LogP contribution in [0.3, 0.4) is 0 Å². The van der Waals surface area contributed by atoms with Crippen molar-refractivity contribution in [3.63, 3.8) is 0 Å². The molecular weight excluding hydrogens is 453 g/mol. The predicted molar refractivity (Wildman–Crippen MR) is 121 cm³/mol. The predicted octanol–water partition coefficient (Wildman–Crippen LogP) is 3.47. The summed E-state index contributed by atoms with van der Waals surface area (Å²) in [5.41, 5.74) is 1.26. The van der Waals surface area contributed by atoms with E-state index in [2.05, 4.69) is 63.2 Å². The molecule has 2 aromatic rings. The van der Waals surface area contributed by atoms with Gasteiger partial charge in [0, 0.05) is 39.6 Å². The van der Waals surface area contributed by atoms with Gasteiger partial charge in [-0.25, -0.2) is 0 Å². The molecule has 1 atom stereocenters. The molecule has 1 fully saturated rings. The molecule has 1 unspecified atom stereocenters. The number of nitrogens with one attached hydrogen (secondary N) is 1. The summed E-state index contributed by atoms with van der Waals surface area (Å²) < 4.78 is 7.88. The van der Waals surface area contributed by atoms with Gasteiger partial charge in [0.2, 0.25) is 0 Å². The first kappa shape index (κ1) is 21.8. The van der Waals surface area contributed by atoms with Gasteiger partial charge in [-0.2, -0.15) is 0 Å². The second kappa shape index (κ2) is 10.8. The average Bonchev–Trinajstić information content (AvgIpc) is 3.32. The van der Waals surface area contributed by atoms with Gasteiger partial charge in [-0.05, 0) is 50.2 Å². The lowest BCUT2D eigenvalue weighted by Gasteiger charge is -2.34. The van der Waals surface area contributed by atoms with Gasteiger partial charge in [0.15, 0.2) is 5.96 Å². The first-order chi connectivity index (χ1) is 12.7. The van der Waals surface area contributed by atoms with E-state index < -0.39 is 0 Å². The quantitative estimate of drug-likeness (QED) is 0.387. The highest BCUT2D eigenvalue weighted by molar-refractivity contribution is 14.0. The Hall–Kier alpha value is -1.48. The maximum atomic E-state index is 5.74. The molecule has 2 aromatic heterocycles. The fraction of sp³-hybridized carbons (Fsp3) is 0.550. The minimum atomic E-state index is 0. The maximum absolute atomic E-state index is 5.74. The van der Waals surface area contributed by atoms with Crippen LogP contribution in [0.1, 0.15) is 36.8 Å². The molecule has 27 heavy (non-hydrogen) atoms. The fourth-order valence-electron chi connectivity index (χ4n) is 3.67. The lowest BCUT2D eigenvalue weighted by Crippen LogP contribution is -2.44. The third-order valence-electron chi connectivity index (χ3n) is 5.18. The van der Waals surface area contributed by atoms with Gasteiger partial charge in [-0.3, -0.25) is 9.89 Å². The highest BCUT2D eigenvalue weighted by Crippen LogP contribution is 2.24. The molecule has 3 heterocycles. The van der Waals surface area contributed by atoms with Crippen molar-refractivity contribution in [1.29, 1.82) is 0 Å². The number of aliphatic imine (C=N–C) groups is 1. The van der Waals surface area contributed by atoms with Crippen molar-refractivity contribution in [2.75, 3.05) is 33.7 Å². The Morgan fingerprint density at radius 3 is 2.63 bits per heavy atom. The van der Waals surface area contributed by atoms with Crippen LogP contribution in [-0.2, 0) is 13.6 Å². The van der Waals surface area contributed by atoms with Crippen molar-refractivity contribution >= 4 is 29.9 Å². The Morgan fingerprint density at radius 2 is 2.04 bits per heavy atom. The molecule has 150 valence electrons. The van der Waals surface area contributed by atoms with E-state index in [1.54, 1.807) is 6.26 Å². The molecule has 0 amide bonds. The minimum Gasteiger partial charge on any atom is -0.468 e. The Bertz CT molecular complexity index is 691. The second-order valence-corrected chi connectivity index (χ2v) is 7.02. The number of aryl methyl sites for hydroxylation is 1. The summed E-state index contributed by atoms with van der Waals surface area (Å²) in [5.74, 6) is 1.93. The number of furan rings is 1. The molecule has 1 N–H and O–H groups in total. The zero-order valence-corrected chi connectivity index (χ0v) is 18.9. The summed E-state index contributed by atoms with van der Waals surface area (Å²) in [6, 6.07) is 8.51. The average molecular weight is 485 g/mol. The van der Waals surface area contributed by atoms with Crippen molar-refractivity contribution in [2.24, 2.45) is 12.0 Å². The monoisotopic (exact) mass is 485 g/mol. The molecule has 7 heteroatoms. The van der Waals surface area contributed by atoms with Crippen molar-refractivity contribution in [2.45, 2.75) is 31.8 Å². The zero-order valence-electron chi connectivity index (χ0n) is 16.6. The molecule has 0 aromatic carbocycles. The van der Waals surface area contributed by atoms with Crippen LogP contribution in [0.2, 0.25) is 0 Å². The van der Waals surface area contributed by atoms with Gasteiger partial charge in [-0.15, -0.1) is 24.0 Å². The Balaban J connectivity index is 0.00000261. The second-order valence-electron chi connectivity index (χ2n) is 7.02. The van der Waals surface area contributed by atoms with Gasteiger partial charge >= 0.3 is 0 Å². The summed E-state index contributed by atoms with van der Waals surface area (Å²) in [6.07, 6.45) is 7.69. The van der Waals surface area contributed by atoms with Crippen LogP contribution in [0.4, 0.5) is 0 Å². The molecule has 0 spiro atoms. The molecule has 1 aliphatic heterocycles. The van der Waals surface area contributed by atoms with E-state index >= 15 is 0 Å². The molecule has 0 bridgehead atoms. The summed E-state index contributed by atoms with van der Waals surface area (Å²) in [4.78, 5) is 9.15. The number of aromatic nitrogens is 1. The summed E-state index contributed by atoms with van der Waals surface area (Å²) in [7, 11) is 5.99. The zero-order chi connectivity index (χ0) is 18.4. The van der Waals surface area contributed by atoms with Crippen LogP contribution in [0.25, 0.3) is 0 Å². The third-order valence-corrected chi connectivity index (χ3v) is 5.18. The molecule has 6 nitrogen and oxygen atoms in total. The van der Waals surface area contributed by atoms with Crippen molar-refractivity contribution in [3.8, 4) is 0 Å². The third kappa shape index (κ3) is 5.75. The molecule has 0 saturated carbocycles. The van der Waals surface area contributed by atoms with Crippen LogP contribution in [0.5, 0.6) is 0 Å². The number of likely N-dealkylation sites (tertiary alicyclic amines) is 1. The van der Waals surface area contributed by atoms with E-state index in [-0.39, 0.29) is 30.0 Å². The molecule has 0 aliphatic carbocycles. The highest BCUT2D eigenvalue weighted by atomic mass is 127. The van der Waals surface area contributed by atoms with Gasteiger partial charge in [0.25, 0.3) is 0 Å². The number of guanidine groups is 1. The number of piperidine rings is 1. The normalized spacial score (nSPS) is 16.6. The lowest BCUT2D eigenvalue weighted by molar-refractivity contribution is 0.146. The number of hydrogen-bond donors (Lipinski definition) is 1. The molecule has 1 saturated heterocycles. The number of hydrogen-bond acceptors (Lipinski definition) is 3. The lowest BCUT2D eigenvalue weighted by atomic mass is 10.1. The van der Waals surface area contributed by atoms with E-state index in [1.165, 1.54) is 25.0 Å². The van der Waals surface area contributed by atoms with E-state index in [0.29, 0.717) is 0 Å². The first-order valence-electron chi connectivity index (χ1n) is 9.48. The van der Waals surface area contributed by atoms with Crippen LogP contribution in [0, 0.1) is 0 Å².